The Kier molecular flexibility index (Phi) is 5.10. The van der Waals surface area contributed by atoms with Crippen LogP contribution in [-0.2, 0) is 4.74 Å². The lowest BCUT2D eigenvalue weighted by atomic mass is 10.2. The van der Waals surface area contributed by atoms with Crippen molar-refractivity contribution in [1.82, 2.24) is 9.80 Å². The molecule has 0 N–H and O–H groups in total. The quantitative estimate of drug-likeness (QED) is 0.678. The van der Waals surface area contributed by atoms with Gasteiger partial charge in [0.1, 0.15) is 0 Å². The van der Waals surface area contributed by atoms with Crippen molar-refractivity contribution in [3.8, 4) is 0 Å². The predicted molar refractivity (Wildman–Crippen MR) is 71.8 cm³/mol. The Labute approximate surface area is 110 Å². The first-order valence-electron chi connectivity index (χ1n) is 6.86. The van der Waals surface area contributed by atoms with Crippen LogP contribution in [-0.4, -0.2) is 66.7 Å². The molecule has 1 saturated heterocycles. The number of hydrogen-bond donors (Lipinski definition) is 0. The van der Waals surface area contributed by atoms with E-state index in [9.17, 15) is 0 Å². The fraction of sp³-hybridized carbons (Fsp3) is 1.00. The Hall–Kier alpha value is 0.170. The minimum atomic E-state index is 0.370. The molecule has 2 fully saturated rings. The summed E-state index contributed by atoms with van der Waals surface area (Å²) in [4.78, 5) is 5.03. The van der Waals surface area contributed by atoms with Crippen LogP contribution in [0.25, 0.3) is 0 Å². The van der Waals surface area contributed by atoms with E-state index in [2.05, 4.69) is 23.6 Å². The van der Waals surface area contributed by atoms with Crippen molar-refractivity contribution < 1.29 is 4.74 Å². The fourth-order valence-electron chi connectivity index (χ4n) is 2.55. The molecule has 0 aromatic heterocycles. The summed E-state index contributed by atoms with van der Waals surface area (Å²) < 4.78 is 5.89. The third-order valence-electron chi connectivity index (χ3n) is 3.77. The van der Waals surface area contributed by atoms with E-state index < -0.39 is 0 Å². The molecule has 1 aliphatic carbocycles. The summed E-state index contributed by atoms with van der Waals surface area (Å²) >= 11 is 5.87. The van der Waals surface area contributed by atoms with Crippen molar-refractivity contribution in [3.05, 3.63) is 0 Å². The van der Waals surface area contributed by atoms with Gasteiger partial charge in [-0.3, -0.25) is 9.80 Å². The number of ether oxygens (including phenoxy) is 1. The zero-order valence-electron chi connectivity index (χ0n) is 11.1. The average Bonchev–Trinajstić information content (AvgIpc) is 3.13. The molecule has 2 aliphatic rings. The van der Waals surface area contributed by atoms with E-state index in [1.54, 1.807) is 0 Å². The van der Waals surface area contributed by atoms with Crippen LogP contribution < -0.4 is 0 Å². The molecule has 4 heteroatoms. The molecule has 1 unspecified atom stereocenters. The van der Waals surface area contributed by atoms with Gasteiger partial charge >= 0.3 is 0 Å². The molecule has 0 aromatic rings. The zero-order valence-corrected chi connectivity index (χ0v) is 11.8. The lowest BCUT2D eigenvalue weighted by Crippen LogP contribution is -2.50. The monoisotopic (exact) mass is 260 g/mol. The van der Waals surface area contributed by atoms with Gasteiger partial charge in [0.25, 0.3) is 0 Å². The Balaban J connectivity index is 1.80. The molecule has 17 heavy (non-hydrogen) atoms. The summed E-state index contributed by atoms with van der Waals surface area (Å²) in [5, 5.41) is 0. The van der Waals surface area contributed by atoms with E-state index in [1.807, 2.05) is 0 Å². The Morgan fingerprint density at radius 3 is 2.76 bits per heavy atom. The number of nitrogens with zero attached hydrogens (tertiary/aromatic N) is 2. The van der Waals surface area contributed by atoms with Gasteiger partial charge in [-0.25, -0.2) is 0 Å². The molecular weight excluding hydrogens is 236 g/mol. The molecule has 0 spiro atoms. The van der Waals surface area contributed by atoms with E-state index in [-0.39, 0.29) is 0 Å². The summed E-state index contributed by atoms with van der Waals surface area (Å²) in [6, 6.07) is 1.41. The zero-order chi connectivity index (χ0) is 12.3. The van der Waals surface area contributed by atoms with Crippen LogP contribution in [0, 0.1) is 0 Å². The number of alkyl halides is 1. The molecule has 1 aliphatic heterocycles. The number of morpholine rings is 1. The molecule has 0 amide bonds. The average molecular weight is 261 g/mol. The molecule has 1 heterocycles. The largest absolute Gasteiger partial charge is 0.374 e. The van der Waals surface area contributed by atoms with Gasteiger partial charge in [-0.1, -0.05) is 0 Å². The van der Waals surface area contributed by atoms with Gasteiger partial charge in [0.15, 0.2) is 0 Å². The van der Waals surface area contributed by atoms with E-state index >= 15 is 0 Å². The molecule has 100 valence electrons. The molecule has 0 bridgehead atoms. The van der Waals surface area contributed by atoms with E-state index in [0.717, 1.165) is 44.7 Å². The maximum absolute atomic E-state index is 5.89. The first-order chi connectivity index (χ1) is 8.20. The van der Waals surface area contributed by atoms with Crippen LogP contribution in [0.15, 0.2) is 0 Å². The van der Waals surface area contributed by atoms with E-state index in [0.29, 0.717) is 12.1 Å². The second-order valence-electron chi connectivity index (χ2n) is 5.50. The maximum Gasteiger partial charge on any atom is 0.0829 e. The van der Waals surface area contributed by atoms with Crippen molar-refractivity contribution >= 4 is 11.6 Å². The summed E-state index contributed by atoms with van der Waals surface area (Å²) in [7, 11) is 0. The SMILES string of the molecule is CC(C)N1CCOC(CN(CCCl)C2CC2)C1. The smallest absolute Gasteiger partial charge is 0.0829 e. The molecule has 1 atom stereocenters. The second kappa shape index (κ2) is 6.37. The van der Waals surface area contributed by atoms with Gasteiger partial charge in [-0.05, 0) is 26.7 Å². The normalized spacial score (nSPS) is 27.0. The topological polar surface area (TPSA) is 15.7 Å². The van der Waals surface area contributed by atoms with Crippen molar-refractivity contribution in [2.24, 2.45) is 0 Å². The first kappa shape index (κ1) is 13.6. The molecule has 0 radical (unpaired) electrons. The number of halogens is 1. The number of hydrogen-bond acceptors (Lipinski definition) is 3. The highest BCUT2D eigenvalue weighted by atomic mass is 35.5. The minimum Gasteiger partial charge on any atom is -0.374 e. The molecule has 1 saturated carbocycles. The van der Waals surface area contributed by atoms with Crippen LogP contribution in [0.2, 0.25) is 0 Å². The Morgan fingerprint density at radius 2 is 2.18 bits per heavy atom. The van der Waals surface area contributed by atoms with Crippen molar-refractivity contribution in [1.29, 1.82) is 0 Å². The molecular formula is C13H25ClN2O. The van der Waals surface area contributed by atoms with Crippen LogP contribution >= 0.6 is 11.6 Å². The summed E-state index contributed by atoms with van der Waals surface area (Å²) in [6.45, 7) is 9.62. The highest BCUT2D eigenvalue weighted by molar-refractivity contribution is 6.18. The lowest BCUT2D eigenvalue weighted by molar-refractivity contribution is -0.0524. The molecule has 3 nitrogen and oxygen atoms in total. The molecule has 0 aromatic carbocycles. The standard InChI is InChI=1S/C13H25ClN2O/c1-11(2)15-7-8-17-13(9-15)10-16(6-5-14)12-3-4-12/h11-13H,3-10H2,1-2H3. The lowest BCUT2D eigenvalue weighted by Gasteiger charge is -2.37. The van der Waals surface area contributed by atoms with Gasteiger partial charge in [0.2, 0.25) is 0 Å². The van der Waals surface area contributed by atoms with Crippen molar-refractivity contribution in [2.45, 2.75) is 44.9 Å². The summed E-state index contributed by atoms with van der Waals surface area (Å²) in [6.07, 6.45) is 3.06. The third kappa shape index (κ3) is 4.09. The predicted octanol–water partition coefficient (Wildman–Crippen LogP) is 1.80. The Morgan fingerprint density at radius 1 is 1.41 bits per heavy atom. The van der Waals surface area contributed by atoms with E-state index in [4.69, 9.17) is 16.3 Å². The van der Waals surface area contributed by atoms with Gasteiger partial charge in [0, 0.05) is 44.1 Å². The van der Waals surface area contributed by atoms with Crippen LogP contribution in [0.4, 0.5) is 0 Å². The van der Waals surface area contributed by atoms with Gasteiger partial charge in [-0.2, -0.15) is 0 Å². The summed E-state index contributed by atoms with van der Waals surface area (Å²) in [5.74, 6) is 0.733. The van der Waals surface area contributed by atoms with E-state index in [1.165, 1.54) is 12.8 Å². The maximum atomic E-state index is 5.89. The van der Waals surface area contributed by atoms with Crippen molar-refractivity contribution in [2.75, 3.05) is 38.7 Å². The minimum absolute atomic E-state index is 0.370. The third-order valence-corrected chi connectivity index (χ3v) is 3.94. The second-order valence-corrected chi connectivity index (χ2v) is 5.87. The number of rotatable bonds is 6. The van der Waals surface area contributed by atoms with Crippen LogP contribution in [0.1, 0.15) is 26.7 Å². The first-order valence-corrected chi connectivity index (χ1v) is 7.40. The highest BCUT2D eigenvalue weighted by Gasteiger charge is 2.32. The fourth-order valence-corrected chi connectivity index (χ4v) is 2.77. The van der Waals surface area contributed by atoms with Crippen LogP contribution in [0.3, 0.4) is 0 Å². The van der Waals surface area contributed by atoms with Crippen LogP contribution in [0.5, 0.6) is 0 Å². The highest BCUT2D eigenvalue weighted by Crippen LogP contribution is 2.27. The van der Waals surface area contributed by atoms with Crippen molar-refractivity contribution in [3.63, 3.8) is 0 Å². The van der Waals surface area contributed by atoms with Gasteiger partial charge in [0.05, 0.1) is 12.7 Å². The van der Waals surface area contributed by atoms with Gasteiger partial charge < -0.3 is 4.74 Å². The summed E-state index contributed by atoms with van der Waals surface area (Å²) in [5.41, 5.74) is 0. The molecule has 2 rings (SSSR count). The van der Waals surface area contributed by atoms with Gasteiger partial charge in [-0.15, -0.1) is 11.6 Å². The Bertz CT molecular complexity index is 233.